The molecule has 2 nitrogen and oxygen atoms in total. The van der Waals surface area contributed by atoms with Crippen molar-refractivity contribution in [1.82, 2.24) is 5.32 Å². The molecule has 1 rings (SSSR count). The van der Waals surface area contributed by atoms with Crippen LogP contribution in [0.2, 0.25) is 0 Å². The van der Waals surface area contributed by atoms with Gasteiger partial charge in [0, 0.05) is 18.7 Å². The molecule has 0 heterocycles. The third-order valence-corrected chi connectivity index (χ3v) is 2.98. The van der Waals surface area contributed by atoms with E-state index in [-0.39, 0.29) is 11.6 Å². The van der Waals surface area contributed by atoms with Gasteiger partial charge in [-0.15, -0.1) is 0 Å². The zero-order valence-electron chi connectivity index (χ0n) is 13.3. The predicted molar refractivity (Wildman–Crippen MR) is 82.5 cm³/mol. The molecule has 0 radical (unpaired) electrons. The van der Waals surface area contributed by atoms with Crippen molar-refractivity contribution in [2.45, 2.75) is 53.2 Å². The molecule has 0 aromatic heterocycles. The zero-order valence-corrected chi connectivity index (χ0v) is 13.3. The lowest BCUT2D eigenvalue weighted by atomic mass is 10.0. The molecule has 1 unspecified atom stereocenters. The molecule has 108 valence electrons. The lowest BCUT2D eigenvalue weighted by Gasteiger charge is -2.27. The Morgan fingerprint density at radius 3 is 2.32 bits per heavy atom. The molecular weight excluding hydrogens is 234 g/mol. The highest BCUT2D eigenvalue weighted by molar-refractivity contribution is 5.28. The Bertz CT molecular complexity index is 379. The van der Waals surface area contributed by atoms with Crippen molar-refractivity contribution < 1.29 is 4.74 Å². The standard InChI is InChI=1S/C17H29NO/c1-13(2)12-19-16(11-18-17(4,5)6)15-10-8-7-9-14(15)3/h7-10,13,16,18H,11-12H2,1-6H3. The van der Waals surface area contributed by atoms with Crippen LogP contribution in [0.1, 0.15) is 51.8 Å². The number of hydrogen-bond donors (Lipinski definition) is 1. The molecular formula is C17H29NO. The molecule has 0 amide bonds. The summed E-state index contributed by atoms with van der Waals surface area (Å²) >= 11 is 0. The molecule has 1 aromatic rings. The van der Waals surface area contributed by atoms with E-state index in [1.807, 2.05) is 0 Å². The number of hydrogen-bond acceptors (Lipinski definition) is 2. The maximum absolute atomic E-state index is 6.10. The minimum absolute atomic E-state index is 0.113. The Morgan fingerprint density at radius 2 is 1.79 bits per heavy atom. The van der Waals surface area contributed by atoms with Crippen molar-refractivity contribution in [3.8, 4) is 0 Å². The molecule has 1 atom stereocenters. The van der Waals surface area contributed by atoms with Crippen molar-refractivity contribution in [3.63, 3.8) is 0 Å². The number of ether oxygens (including phenoxy) is 1. The maximum atomic E-state index is 6.10. The second kappa shape index (κ2) is 7.06. The summed E-state index contributed by atoms with van der Waals surface area (Å²) in [6, 6.07) is 8.49. The number of nitrogens with one attached hydrogen (secondary N) is 1. The van der Waals surface area contributed by atoms with Gasteiger partial charge in [0.15, 0.2) is 0 Å². The fourth-order valence-corrected chi connectivity index (χ4v) is 1.91. The molecule has 0 saturated heterocycles. The molecule has 1 N–H and O–H groups in total. The Labute approximate surface area is 118 Å². The van der Waals surface area contributed by atoms with E-state index in [1.54, 1.807) is 0 Å². The minimum atomic E-state index is 0.113. The van der Waals surface area contributed by atoms with Gasteiger partial charge in [-0.3, -0.25) is 0 Å². The van der Waals surface area contributed by atoms with Crippen molar-refractivity contribution in [2.75, 3.05) is 13.2 Å². The first-order valence-electron chi connectivity index (χ1n) is 7.22. The normalized spacial score (nSPS) is 13.8. The van der Waals surface area contributed by atoms with E-state index < -0.39 is 0 Å². The topological polar surface area (TPSA) is 21.3 Å². The van der Waals surface area contributed by atoms with Crippen LogP contribution in [0.5, 0.6) is 0 Å². The Hall–Kier alpha value is -0.860. The summed E-state index contributed by atoms with van der Waals surface area (Å²) in [6.45, 7) is 14.7. The molecule has 0 fully saturated rings. The first-order valence-corrected chi connectivity index (χ1v) is 7.22. The smallest absolute Gasteiger partial charge is 0.0952 e. The molecule has 0 saturated carbocycles. The van der Waals surface area contributed by atoms with Gasteiger partial charge in [-0.25, -0.2) is 0 Å². The van der Waals surface area contributed by atoms with Gasteiger partial charge in [0.2, 0.25) is 0 Å². The van der Waals surface area contributed by atoms with E-state index in [0.29, 0.717) is 5.92 Å². The van der Waals surface area contributed by atoms with Gasteiger partial charge in [0.25, 0.3) is 0 Å². The van der Waals surface area contributed by atoms with Crippen LogP contribution in [0.4, 0.5) is 0 Å². The monoisotopic (exact) mass is 263 g/mol. The molecule has 0 aliphatic carbocycles. The van der Waals surface area contributed by atoms with E-state index in [4.69, 9.17) is 4.74 Å². The Balaban J connectivity index is 2.77. The van der Waals surface area contributed by atoms with Crippen molar-refractivity contribution >= 4 is 0 Å². The highest BCUT2D eigenvalue weighted by Crippen LogP contribution is 2.22. The van der Waals surface area contributed by atoms with Crippen LogP contribution in [0.15, 0.2) is 24.3 Å². The van der Waals surface area contributed by atoms with Crippen LogP contribution in [0, 0.1) is 12.8 Å². The van der Waals surface area contributed by atoms with E-state index in [1.165, 1.54) is 11.1 Å². The molecule has 0 spiro atoms. The largest absolute Gasteiger partial charge is 0.372 e. The fourth-order valence-electron chi connectivity index (χ4n) is 1.91. The Kier molecular flexibility index (Phi) is 6.02. The van der Waals surface area contributed by atoms with Crippen LogP contribution in [0.3, 0.4) is 0 Å². The fraction of sp³-hybridized carbons (Fsp3) is 0.647. The molecule has 0 aliphatic heterocycles. The van der Waals surface area contributed by atoms with Gasteiger partial charge in [0.05, 0.1) is 6.10 Å². The zero-order chi connectivity index (χ0) is 14.5. The van der Waals surface area contributed by atoms with Crippen molar-refractivity contribution in [3.05, 3.63) is 35.4 Å². The predicted octanol–water partition coefficient (Wildman–Crippen LogP) is 4.10. The third-order valence-electron chi connectivity index (χ3n) is 2.98. The van der Waals surface area contributed by atoms with Crippen LogP contribution in [-0.2, 0) is 4.74 Å². The quantitative estimate of drug-likeness (QED) is 0.834. The van der Waals surface area contributed by atoms with E-state index in [0.717, 1.165) is 13.2 Å². The molecule has 2 heteroatoms. The first kappa shape index (κ1) is 16.2. The SMILES string of the molecule is Cc1ccccc1C(CNC(C)(C)C)OCC(C)C. The van der Waals surface area contributed by atoms with Gasteiger partial charge in [-0.2, -0.15) is 0 Å². The summed E-state index contributed by atoms with van der Waals surface area (Å²) in [5, 5.41) is 3.55. The summed E-state index contributed by atoms with van der Waals surface area (Å²) < 4.78 is 6.10. The van der Waals surface area contributed by atoms with Crippen molar-refractivity contribution in [2.24, 2.45) is 5.92 Å². The van der Waals surface area contributed by atoms with Crippen LogP contribution in [0.25, 0.3) is 0 Å². The average molecular weight is 263 g/mol. The second-order valence-electron chi connectivity index (χ2n) is 6.70. The molecule has 0 bridgehead atoms. The van der Waals surface area contributed by atoms with E-state index >= 15 is 0 Å². The molecule has 19 heavy (non-hydrogen) atoms. The van der Waals surface area contributed by atoms with E-state index in [2.05, 4.69) is 71.1 Å². The number of aryl methyl sites for hydroxylation is 1. The molecule has 0 aliphatic rings. The summed E-state index contributed by atoms with van der Waals surface area (Å²) in [4.78, 5) is 0. The van der Waals surface area contributed by atoms with Gasteiger partial charge in [-0.1, -0.05) is 38.1 Å². The first-order chi connectivity index (χ1) is 8.79. The maximum Gasteiger partial charge on any atom is 0.0952 e. The van der Waals surface area contributed by atoms with Gasteiger partial charge < -0.3 is 10.1 Å². The molecule has 1 aromatic carbocycles. The lowest BCUT2D eigenvalue weighted by molar-refractivity contribution is 0.0311. The third kappa shape index (κ3) is 6.22. The number of rotatable bonds is 6. The summed E-state index contributed by atoms with van der Waals surface area (Å²) in [7, 11) is 0. The van der Waals surface area contributed by atoms with Crippen molar-refractivity contribution in [1.29, 1.82) is 0 Å². The average Bonchev–Trinajstić information content (AvgIpc) is 2.29. The van der Waals surface area contributed by atoms with E-state index in [9.17, 15) is 0 Å². The number of benzene rings is 1. The highest BCUT2D eigenvalue weighted by Gasteiger charge is 2.18. The van der Waals surface area contributed by atoms with Crippen LogP contribution < -0.4 is 5.32 Å². The van der Waals surface area contributed by atoms with Crippen LogP contribution in [-0.4, -0.2) is 18.7 Å². The summed E-state index contributed by atoms with van der Waals surface area (Å²) in [5.74, 6) is 0.557. The van der Waals surface area contributed by atoms with Gasteiger partial charge >= 0.3 is 0 Å². The Morgan fingerprint density at radius 1 is 1.16 bits per heavy atom. The second-order valence-corrected chi connectivity index (χ2v) is 6.70. The van der Waals surface area contributed by atoms with Gasteiger partial charge in [-0.05, 0) is 44.7 Å². The minimum Gasteiger partial charge on any atom is -0.372 e. The summed E-state index contributed by atoms with van der Waals surface area (Å²) in [6.07, 6.45) is 0.128. The van der Waals surface area contributed by atoms with Crippen LogP contribution >= 0.6 is 0 Å². The summed E-state index contributed by atoms with van der Waals surface area (Å²) in [5.41, 5.74) is 2.70. The van der Waals surface area contributed by atoms with Gasteiger partial charge in [0.1, 0.15) is 0 Å². The highest BCUT2D eigenvalue weighted by atomic mass is 16.5. The lowest BCUT2D eigenvalue weighted by Crippen LogP contribution is -2.39.